The predicted molar refractivity (Wildman–Crippen MR) is 165 cm³/mol. The largest absolute Gasteiger partial charge is 0.468 e. The highest BCUT2D eigenvalue weighted by Crippen LogP contribution is 2.31. The zero-order chi connectivity index (χ0) is 29.7. The van der Waals surface area contributed by atoms with Crippen LogP contribution in [0.4, 0.5) is 10.5 Å². The van der Waals surface area contributed by atoms with Gasteiger partial charge in [-0.25, -0.2) is 4.79 Å². The van der Waals surface area contributed by atoms with Gasteiger partial charge in [0.2, 0.25) is 5.91 Å². The number of alkyl carbamates (subject to hydrolysis) is 1. The molecule has 0 fully saturated rings. The van der Waals surface area contributed by atoms with E-state index in [9.17, 15) is 14.4 Å². The van der Waals surface area contributed by atoms with Crippen molar-refractivity contribution in [3.8, 4) is 0 Å². The summed E-state index contributed by atoms with van der Waals surface area (Å²) in [5, 5.41) is 8.98. The molecule has 0 saturated carbocycles. The van der Waals surface area contributed by atoms with Crippen LogP contribution in [0.25, 0.3) is 0 Å². The summed E-state index contributed by atoms with van der Waals surface area (Å²) in [5.74, 6) is -0.837. The van der Waals surface area contributed by atoms with Gasteiger partial charge in [0.25, 0.3) is 0 Å². The van der Waals surface area contributed by atoms with Crippen molar-refractivity contribution in [3.63, 3.8) is 0 Å². The average Bonchev–Trinajstić information content (AvgIpc) is 3.02. The molecule has 0 aliphatic rings. The van der Waals surface area contributed by atoms with E-state index in [1.165, 1.54) is 7.11 Å². The van der Waals surface area contributed by atoms with Crippen molar-refractivity contribution >= 4 is 39.6 Å². The van der Waals surface area contributed by atoms with Crippen LogP contribution in [-0.2, 0) is 32.1 Å². The van der Waals surface area contributed by atoms with Crippen molar-refractivity contribution in [1.29, 1.82) is 0 Å². The van der Waals surface area contributed by atoms with E-state index >= 15 is 0 Å². The Morgan fingerprint density at radius 3 is 2.07 bits per heavy atom. The molecule has 0 aromatic heterocycles. The zero-order valence-corrected chi connectivity index (χ0v) is 24.7. The summed E-state index contributed by atoms with van der Waals surface area (Å²) < 4.78 is 11.0. The van der Waals surface area contributed by atoms with Gasteiger partial charge in [0.1, 0.15) is 12.6 Å². The second kappa shape index (κ2) is 15.5. The SMILES string of the molecule is COC(=O)CN[C@@H](c1ccccc1)c1cc(Br)ccc1NC(=O)[C@H](Cc1ccccc1)NC(=O)OCc1ccccc1. The van der Waals surface area contributed by atoms with Crippen molar-refractivity contribution in [3.05, 3.63) is 136 Å². The fourth-order valence-electron chi connectivity index (χ4n) is 4.38. The molecule has 0 aliphatic heterocycles. The topological polar surface area (TPSA) is 106 Å². The van der Waals surface area contributed by atoms with Crippen LogP contribution in [-0.4, -0.2) is 37.7 Å². The van der Waals surface area contributed by atoms with Gasteiger partial charge in [-0.15, -0.1) is 0 Å². The van der Waals surface area contributed by atoms with Crippen LogP contribution in [0.15, 0.2) is 114 Å². The Balaban J connectivity index is 1.58. The lowest BCUT2D eigenvalue weighted by molar-refractivity contribution is -0.139. The van der Waals surface area contributed by atoms with Gasteiger partial charge in [-0.2, -0.15) is 0 Å². The van der Waals surface area contributed by atoms with E-state index in [4.69, 9.17) is 9.47 Å². The number of nitrogens with one attached hydrogen (secondary N) is 3. The van der Waals surface area contributed by atoms with Crippen LogP contribution in [0.3, 0.4) is 0 Å². The van der Waals surface area contributed by atoms with Crippen molar-refractivity contribution < 1.29 is 23.9 Å². The van der Waals surface area contributed by atoms with Crippen molar-refractivity contribution in [2.75, 3.05) is 19.0 Å². The molecule has 0 saturated heterocycles. The number of methoxy groups -OCH3 is 1. The second-order valence-electron chi connectivity index (χ2n) is 9.47. The third-order valence-electron chi connectivity index (χ3n) is 6.50. The van der Waals surface area contributed by atoms with Crippen LogP contribution in [0, 0.1) is 0 Å². The number of carbonyl (C=O) groups is 3. The van der Waals surface area contributed by atoms with Crippen molar-refractivity contribution in [2.24, 2.45) is 0 Å². The first-order chi connectivity index (χ1) is 20.4. The van der Waals surface area contributed by atoms with E-state index < -0.39 is 30.1 Å². The highest BCUT2D eigenvalue weighted by Gasteiger charge is 2.25. The van der Waals surface area contributed by atoms with E-state index in [1.54, 1.807) is 6.07 Å². The first-order valence-corrected chi connectivity index (χ1v) is 14.2. The monoisotopic (exact) mass is 629 g/mol. The summed E-state index contributed by atoms with van der Waals surface area (Å²) in [4.78, 5) is 38.5. The van der Waals surface area contributed by atoms with Gasteiger partial charge in [-0.3, -0.25) is 14.9 Å². The van der Waals surface area contributed by atoms with E-state index in [1.807, 2.05) is 103 Å². The molecular formula is C33H32BrN3O5. The highest BCUT2D eigenvalue weighted by atomic mass is 79.9. The fraction of sp³-hybridized carbons (Fsp3) is 0.182. The summed E-state index contributed by atoms with van der Waals surface area (Å²) in [6.07, 6.45) is -0.449. The smallest absolute Gasteiger partial charge is 0.408 e. The Bertz CT molecular complexity index is 1470. The number of anilines is 1. The third kappa shape index (κ3) is 9.02. The number of amides is 2. The van der Waals surface area contributed by atoms with Crippen molar-refractivity contribution in [1.82, 2.24) is 10.6 Å². The first-order valence-electron chi connectivity index (χ1n) is 13.4. The van der Waals surface area contributed by atoms with E-state index in [0.29, 0.717) is 5.69 Å². The maximum absolute atomic E-state index is 13.7. The molecule has 216 valence electrons. The maximum atomic E-state index is 13.7. The number of halogens is 1. The average molecular weight is 631 g/mol. The van der Waals surface area contributed by atoms with Gasteiger partial charge < -0.3 is 20.1 Å². The van der Waals surface area contributed by atoms with Gasteiger partial charge in [-0.1, -0.05) is 107 Å². The molecule has 9 heteroatoms. The number of rotatable bonds is 12. The molecule has 2 atom stereocenters. The quantitative estimate of drug-likeness (QED) is 0.172. The summed E-state index contributed by atoms with van der Waals surface area (Å²) in [5.41, 5.74) is 3.84. The van der Waals surface area contributed by atoms with Gasteiger partial charge in [-0.05, 0) is 40.5 Å². The van der Waals surface area contributed by atoms with Crippen LogP contribution >= 0.6 is 15.9 Å². The first kappa shape index (κ1) is 30.5. The van der Waals surface area contributed by atoms with Crippen LogP contribution in [0.5, 0.6) is 0 Å². The van der Waals surface area contributed by atoms with E-state index in [2.05, 4.69) is 31.9 Å². The summed E-state index contributed by atoms with van der Waals surface area (Å²) in [7, 11) is 1.33. The Kier molecular flexibility index (Phi) is 11.3. The molecule has 4 aromatic carbocycles. The number of benzene rings is 4. The predicted octanol–water partition coefficient (Wildman–Crippen LogP) is 5.78. The van der Waals surface area contributed by atoms with Crippen LogP contribution in [0.2, 0.25) is 0 Å². The Morgan fingerprint density at radius 1 is 0.810 bits per heavy atom. The summed E-state index contributed by atoms with van der Waals surface area (Å²) >= 11 is 3.53. The highest BCUT2D eigenvalue weighted by molar-refractivity contribution is 9.10. The molecule has 0 bridgehead atoms. The minimum Gasteiger partial charge on any atom is -0.468 e. The van der Waals surface area contributed by atoms with Gasteiger partial charge in [0.05, 0.1) is 19.7 Å². The molecule has 42 heavy (non-hydrogen) atoms. The Morgan fingerprint density at radius 2 is 1.43 bits per heavy atom. The molecule has 0 heterocycles. The summed E-state index contributed by atoms with van der Waals surface area (Å²) in [6.45, 7) is 0.0369. The molecule has 4 aromatic rings. The number of esters is 1. The molecule has 0 unspecified atom stereocenters. The number of carbonyl (C=O) groups excluding carboxylic acids is 3. The molecule has 2 amide bonds. The Labute approximate surface area is 253 Å². The number of hydrogen-bond donors (Lipinski definition) is 3. The lowest BCUT2D eigenvalue weighted by Gasteiger charge is -2.24. The maximum Gasteiger partial charge on any atom is 0.408 e. The normalized spacial score (nSPS) is 12.0. The molecule has 0 aliphatic carbocycles. The molecule has 0 radical (unpaired) electrons. The lowest BCUT2D eigenvalue weighted by Crippen LogP contribution is -2.45. The minimum atomic E-state index is -0.926. The lowest BCUT2D eigenvalue weighted by atomic mass is 9.96. The van der Waals surface area contributed by atoms with E-state index in [0.717, 1.165) is 26.7 Å². The van der Waals surface area contributed by atoms with Gasteiger partial charge in [0.15, 0.2) is 0 Å². The molecule has 3 N–H and O–H groups in total. The number of hydrogen-bond acceptors (Lipinski definition) is 6. The fourth-order valence-corrected chi connectivity index (χ4v) is 4.76. The third-order valence-corrected chi connectivity index (χ3v) is 6.99. The standard InChI is InChI=1S/C33H32BrN3O5/c1-41-30(38)21-35-31(25-15-9-4-10-16-25)27-20-26(34)17-18-28(27)36-32(39)29(19-23-11-5-2-6-12-23)37-33(40)42-22-24-13-7-3-8-14-24/h2-18,20,29,31,35H,19,21-22H2,1H3,(H,36,39)(H,37,40)/t29-,31-/m0/s1. The minimum absolute atomic E-state index is 0.0403. The van der Waals surface area contributed by atoms with Crippen LogP contribution < -0.4 is 16.0 Å². The molecule has 0 spiro atoms. The zero-order valence-electron chi connectivity index (χ0n) is 23.1. The molecular weight excluding hydrogens is 598 g/mol. The van der Waals surface area contributed by atoms with Gasteiger partial charge >= 0.3 is 12.1 Å². The molecule has 8 nitrogen and oxygen atoms in total. The van der Waals surface area contributed by atoms with E-state index in [-0.39, 0.29) is 19.6 Å². The van der Waals surface area contributed by atoms with Gasteiger partial charge in [0, 0.05) is 16.6 Å². The Hall–Kier alpha value is -4.47. The van der Waals surface area contributed by atoms with Crippen LogP contribution in [0.1, 0.15) is 28.3 Å². The van der Waals surface area contributed by atoms with Crippen molar-refractivity contribution in [2.45, 2.75) is 25.1 Å². The molecule has 4 rings (SSSR count). The second-order valence-corrected chi connectivity index (χ2v) is 10.4. The number of ether oxygens (including phenoxy) is 2. The summed E-state index contributed by atoms with van der Waals surface area (Å²) in [6, 6.07) is 32.4.